The Morgan fingerprint density at radius 1 is 0.529 bits per heavy atom. The molecule has 0 saturated carbocycles. The van der Waals surface area contributed by atoms with Crippen molar-refractivity contribution in [2.24, 2.45) is 0 Å². The fourth-order valence-corrected chi connectivity index (χ4v) is 4.35. The molecule has 0 aromatic carbocycles. The van der Waals surface area contributed by atoms with Gasteiger partial charge in [0.15, 0.2) is 0 Å². The highest BCUT2D eigenvalue weighted by atomic mass is 32.3. The van der Waals surface area contributed by atoms with Crippen molar-refractivity contribution in [2.75, 3.05) is 27.2 Å². The SMILES string of the molecule is CCCCCCCCCCCCCCOS(=O)(=O)O.CCCCCCCCCCCCN(C)C. The van der Waals surface area contributed by atoms with Gasteiger partial charge in [0, 0.05) is 0 Å². The van der Waals surface area contributed by atoms with E-state index >= 15 is 0 Å². The molecule has 0 saturated heterocycles. The second-order valence-electron chi connectivity index (χ2n) is 10.1. The fraction of sp³-hybridized carbons (Fsp3) is 1.00. The molecule has 5 nitrogen and oxygen atoms in total. The van der Waals surface area contributed by atoms with Crippen molar-refractivity contribution in [3.05, 3.63) is 0 Å². The minimum atomic E-state index is -4.24. The number of hydrogen-bond donors (Lipinski definition) is 1. The first-order valence-corrected chi connectivity index (χ1v) is 16.0. The topological polar surface area (TPSA) is 66.8 Å². The Morgan fingerprint density at radius 2 is 0.824 bits per heavy atom. The summed E-state index contributed by atoms with van der Waals surface area (Å²) in [7, 11) is 0.0822. The van der Waals surface area contributed by atoms with E-state index in [2.05, 4.69) is 37.0 Å². The molecule has 0 atom stereocenters. The summed E-state index contributed by atoms with van der Waals surface area (Å²) >= 11 is 0. The molecule has 208 valence electrons. The number of rotatable bonds is 25. The van der Waals surface area contributed by atoms with Gasteiger partial charge in [-0.3, -0.25) is 4.55 Å². The molecular formula is C28H61NO4S. The summed E-state index contributed by atoms with van der Waals surface area (Å²) in [6.07, 6.45) is 29.1. The van der Waals surface area contributed by atoms with Crippen LogP contribution in [0, 0.1) is 0 Å². The van der Waals surface area contributed by atoms with Gasteiger partial charge in [0.25, 0.3) is 0 Å². The molecule has 0 aliphatic carbocycles. The highest BCUT2D eigenvalue weighted by Crippen LogP contribution is 2.12. The molecule has 0 unspecified atom stereocenters. The van der Waals surface area contributed by atoms with E-state index in [1.165, 1.54) is 129 Å². The molecule has 0 amide bonds. The van der Waals surface area contributed by atoms with E-state index < -0.39 is 10.4 Å². The van der Waals surface area contributed by atoms with Crippen LogP contribution in [-0.2, 0) is 14.6 Å². The molecule has 0 fully saturated rings. The maximum Gasteiger partial charge on any atom is 0.397 e. The fourth-order valence-electron chi connectivity index (χ4n) is 4.02. The molecule has 0 rings (SSSR count). The van der Waals surface area contributed by atoms with E-state index in [9.17, 15) is 8.42 Å². The Bertz CT molecular complexity index is 469. The molecular weight excluding hydrogens is 446 g/mol. The van der Waals surface area contributed by atoms with Crippen LogP contribution in [0.4, 0.5) is 0 Å². The lowest BCUT2D eigenvalue weighted by molar-refractivity contribution is 0.261. The van der Waals surface area contributed by atoms with Crippen molar-refractivity contribution < 1.29 is 17.2 Å². The lowest BCUT2D eigenvalue weighted by Gasteiger charge is -2.08. The molecule has 0 aromatic rings. The Balaban J connectivity index is 0. The van der Waals surface area contributed by atoms with E-state index in [0.29, 0.717) is 6.42 Å². The van der Waals surface area contributed by atoms with Crippen LogP contribution < -0.4 is 0 Å². The summed E-state index contributed by atoms with van der Waals surface area (Å²) in [6, 6.07) is 0. The van der Waals surface area contributed by atoms with E-state index in [-0.39, 0.29) is 6.61 Å². The zero-order chi connectivity index (χ0) is 25.8. The standard InChI is InChI=1S/C14H31N.C14H30O4S/c1-4-5-6-7-8-9-10-11-12-13-14-15(2)3;1-2-3-4-5-6-7-8-9-10-11-12-13-14-18-19(15,16)17/h4-14H2,1-3H3;2-14H2,1H3,(H,15,16,17). The van der Waals surface area contributed by atoms with E-state index in [4.69, 9.17) is 4.55 Å². The van der Waals surface area contributed by atoms with Crippen LogP contribution >= 0.6 is 0 Å². The minimum absolute atomic E-state index is 0.0935. The van der Waals surface area contributed by atoms with E-state index in [1.807, 2.05) is 0 Å². The number of hydrogen-bond acceptors (Lipinski definition) is 4. The van der Waals surface area contributed by atoms with Crippen LogP contribution in [0.2, 0.25) is 0 Å². The third-order valence-electron chi connectivity index (χ3n) is 6.19. The van der Waals surface area contributed by atoms with Crippen molar-refractivity contribution in [3.8, 4) is 0 Å². The van der Waals surface area contributed by atoms with Gasteiger partial charge in [-0.25, -0.2) is 4.18 Å². The van der Waals surface area contributed by atoms with Crippen molar-refractivity contribution >= 4 is 10.4 Å². The summed E-state index contributed by atoms with van der Waals surface area (Å²) in [5.74, 6) is 0. The van der Waals surface area contributed by atoms with Gasteiger partial charge in [-0.05, 0) is 33.5 Å². The van der Waals surface area contributed by atoms with Gasteiger partial charge in [0.2, 0.25) is 0 Å². The molecule has 34 heavy (non-hydrogen) atoms. The predicted molar refractivity (Wildman–Crippen MR) is 149 cm³/mol. The lowest BCUT2D eigenvalue weighted by atomic mass is 10.1. The van der Waals surface area contributed by atoms with Crippen LogP contribution in [0.25, 0.3) is 0 Å². The molecule has 0 aromatic heterocycles. The maximum absolute atomic E-state index is 10.3. The average Bonchev–Trinajstić information content (AvgIpc) is 2.78. The van der Waals surface area contributed by atoms with Gasteiger partial charge in [-0.15, -0.1) is 0 Å². The molecule has 1 N–H and O–H groups in total. The average molecular weight is 508 g/mol. The largest absolute Gasteiger partial charge is 0.397 e. The minimum Gasteiger partial charge on any atom is -0.309 e. The van der Waals surface area contributed by atoms with Gasteiger partial charge in [0.05, 0.1) is 6.61 Å². The van der Waals surface area contributed by atoms with Gasteiger partial charge in [-0.1, -0.05) is 142 Å². The summed E-state index contributed by atoms with van der Waals surface area (Å²) < 4.78 is 33.1. The highest BCUT2D eigenvalue weighted by molar-refractivity contribution is 7.80. The number of unbranched alkanes of at least 4 members (excludes halogenated alkanes) is 20. The van der Waals surface area contributed by atoms with Crippen molar-refractivity contribution in [1.29, 1.82) is 0 Å². The Hall–Kier alpha value is -0.170. The Kier molecular flexibility index (Phi) is 30.8. The Morgan fingerprint density at radius 3 is 1.12 bits per heavy atom. The quantitative estimate of drug-likeness (QED) is 0.0986. The van der Waals surface area contributed by atoms with Gasteiger partial charge in [-0.2, -0.15) is 8.42 Å². The van der Waals surface area contributed by atoms with Crippen LogP contribution in [0.1, 0.15) is 155 Å². The molecule has 0 bridgehead atoms. The zero-order valence-electron chi connectivity index (χ0n) is 23.5. The number of nitrogens with zero attached hydrogens (tertiary/aromatic N) is 1. The second-order valence-corrected chi connectivity index (χ2v) is 11.2. The molecule has 0 radical (unpaired) electrons. The van der Waals surface area contributed by atoms with Crippen molar-refractivity contribution in [1.82, 2.24) is 4.90 Å². The van der Waals surface area contributed by atoms with Crippen LogP contribution in [0.3, 0.4) is 0 Å². The molecule has 0 heterocycles. The first-order chi connectivity index (χ1) is 16.3. The molecule has 0 aliphatic heterocycles. The molecule has 0 spiro atoms. The third-order valence-corrected chi connectivity index (χ3v) is 6.65. The first-order valence-electron chi connectivity index (χ1n) is 14.6. The van der Waals surface area contributed by atoms with Crippen LogP contribution in [0.5, 0.6) is 0 Å². The van der Waals surface area contributed by atoms with Gasteiger partial charge >= 0.3 is 10.4 Å². The zero-order valence-corrected chi connectivity index (χ0v) is 24.3. The third kappa shape index (κ3) is 39.1. The molecule has 6 heteroatoms. The van der Waals surface area contributed by atoms with Crippen LogP contribution in [0.15, 0.2) is 0 Å². The highest BCUT2D eigenvalue weighted by Gasteiger charge is 2.02. The van der Waals surface area contributed by atoms with Gasteiger partial charge in [0.1, 0.15) is 0 Å². The second kappa shape index (κ2) is 29.1. The van der Waals surface area contributed by atoms with Gasteiger partial charge < -0.3 is 4.90 Å². The lowest BCUT2D eigenvalue weighted by Crippen LogP contribution is -2.12. The smallest absolute Gasteiger partial charge is 0.309 e. The predicted octanol–water partition coefficient (Wildman–Crippen LogP) is 8.98. The molecule has 0 aliphatic rings. The van der Waals surface area contributed by atoms with Crippen molar-refractivity contribution in [2.45, 2.75) is 155 Å². The summed E-state index contributed by atoms with van der Waals surface area (Å²) in [4.78, 5) is 2.28. The summed E-state index contributed by atoms with van der Waals surface area (Å²) in [5, 5.41) is 0. The van der Waals surface area contributed by atoms with Crippen molar-refractivity contribution in [3.63, 3.8) is 0 Å². The van der Waals surface area contributed by atoms with Crippen LogP contribution in [-0.4, -0.2) is 45.1 Å². The van der Waals surface area contributed by atoms with E-state index in [0.717, 1.165) is 12.8 Å². The van der Waals surface area contributed by atoms with E-state index in [1.54, 1.807) is 0 Å². The first kappa shape index (κ1) is 36.0. The monoisotopic (exact) mass is 507 g/mol. The Labute approximate surface area is 214 Å². The maximum atomic E-state index is 10.3. The summed E-state index contributed by atoms with van der Waals surface area (Å²) in [5.41, 5.74) is 0. The normalized spacial score (nSPS) is 11.6. The summed E-state index contributed by atoms with van der Waals surface area (Å²) in [6.45, 7) is 5.87.